The van der Waals surface area contributed by atoms with Crippen molar-refractivity contribution in [1.82, 2.24) is 0 Å². The highest BCUT2D eigenvalue weighted by molar-refractivity contribution is 5.72. The molecule has 2 aromatic carbocycles. The lowest BCUT2D eigenvalue weighted by atomic mass is 9.85. The average molecular weight is 266 g/mol. The summed E-state index contributed by atoms with van der Waals surface area (Å²) in [6.07, 6.45) is 3.62. The second kappa shape index (κ2) is 5.24. The van der Waals surface area contributed by atoms with Crippen molar-refractivity contribution in [2.24, 2.45) is 0 Å². The molecule has 0 spiro atoms. The van der Waals surface area contributed by atoms with Crippen LogP contribution < -0.4 is 0 Å². The molecule has 0 bridgehead atoms. The normalized spacial score (nSPS) is 14.1. The molecule has 102 valence electrons. The number of hydrogen-bond donors (Lipinski definition) is 0. The first-order valence-corrected chi connectivity index (χ1v) is 7.21. The Balaban J connectivity index is 1.97. The third kappa shape index (κ3) is 2.40. The standard InChI is InChI=1S/C19H19F/c1-13-6-8-16(9-7-13)18-11-10-17(12-19(18)20)14(2)15-4-3-5-15/h6-12H,3-5H2,1-2H3. The number of benzene rings is 2. The molecule has 0 atom stereocenters. The first-order chi connectivity index (χ1) is 9.65. The van der Waals surface area contributed by atoms with Crippen LogP contribution >= 0.6 is 0 Å². The third-order valence-electron chi connectivity index (χ3n) is 4.25. The Morgan fingerprint density at radius 2 is 1.70 bits per heavy atom. The van der Waals surface area contributed by atoms with E-state index < -0.39 is 0 Å². The fourth-order valence-corrected chi connectivity index (χ4v) is 2.65. The van der Waals surface area contributed by atoms with Crippen LogP contribution in [-0.2, 0) is 0 Å². The Hall–Kier alpha value is -1.89. The maximum atomic E-state index is 14.4. The molecule has 0 N–H and O–H groups in total. The summed E-state index contributed by atoms with van der Waals surface area (Å²) in [5.41, 5.74) is 6.57. The summed E-state index contributed by atoms with van der Waals surface area (Å²) in [4.78, 5) is 0. The molecule has 3 rings (SSSR count). The van der Waals surface area contributed by atoms with Gasteiger partial charge >= 0.3 is 0 Å². The van der Waals surface area contributed by atoms with Crippen LogP contribution in [0.4, 0.5) is 4.39 Å². The molecule has 0 radical (unpaired) electrons. The van der Waals surface area contributed by atoms with E-state index in [-0.39, 0.29) is 5.82 Å². The van der Waals surface area contributed by atoms with Crippen LogP contribution in [0.3, 0.4) is 0 Å². The van der Waals surface area contributed by atoms with E-state index >= 15 is 0 Å². The Morgan fingerprint density at radius 1 is 1.00 bits per heavy atom. The van der Waals surface area contributed by atoms with Crippen LogP contribution in [0.1, 0.15) is 37.3 Å². The summed E-state index contributed by atoms with van der Waals surface area (Å²) in [6, 6.07) is 13.6. The lowest BCUT2D eigenvalue weighted by molar-refractivity contribution is 0.630. The van der Waals surface area contributed by atoms with Gasteiger partial charge in [-0.05, 0) is 55.9 Å². The maximum Gasteiger partial charge on any atom is 0.131 e. The SMILES string of the molecule is CC(=C1CCC1)c1ccc(-c2ccc(C)cc2)c(F)c1. The highest BCUT2D eigenvalue weighted by Crippen LogP contribution is 2.34. The third-order valence-corrected chi connectivity index (χ3v) is 4.25. The maximum absolute atomic E-state index is 14.4. The van der Waals surface area contributed by atoms with Crippen molar-refractivity contribution in [2.45, 2.75) is 33.1 Å². The number of rotatable bonds is 2. The molecule has 1 heteroatoms. The topological polar surface area (TPSA) is 0 Å². The predicted octanol–water partition coefficient (Wildman–Crippen LogP) is 5.76. The molecule has 1 aliphatic rings. The van der Waals surface area contributed by atoms with Crippen LogP contribution in [0.2, 0.25) is 0 Å². The minimum atomic E-state index is -0.134. The second-order valence-corrected chi connectivity index (χ2v) is 5.64. The Labute approximate surface area is 120 Å². The minimum Gasteiger partial charge on any atom is -0.206 e. The second-order valence-electron chi connectivity index (χ2n) is 5.64. The quantitative estimate of drug-likeness (QED) is 0.648. The fourth-order valence-electron chi connectivity index (χ4n) is 2.65. The van der Waals surface area contributed by atoms with Crippen molar-refractivity contribution in [3.8, 4) is 11.1 Å². The highest BCUT2D eigenvalue weighted by Gasteiger charge is 2.14. The Bertz CT molecular complexity index is 657. The molecular formula is C19H19F. The summed E-state index contributed by atoms with van der Waals surface area (Å²) >= 11 is 0. The lowest BCUT2D eigenvalue weighted by Crippen LogP contribution is -2.00. The van der Waals surface area contributed by atoms with Gasteiger partial charge in [-0.2, -0.15) is 0 Å². The molecule has 0 nitrogen and oxygen atoms in total. The predicted molar refractivity (Wildman–Crippen MR) is 83.0 cm³/mol. The number of allylic oxidation sites excluding steroid dienone is 2. The van der Waals surface area contributed by atoms with Gasteiger partial charge in [-0.3, -0.25) is 0 Å². The van der Waals surface area contributed by atoms with E-state index in [2.05, 4.69) is 6.92 Å². The van der Waals surface area contributed by atoms with E-state index in [9.17, 15) is 4.39 Å². The minimum absolute atomic E-state index is 0.134. The number of hydrogen-bond acceptors (Lipinski definition) is 0. The smallest absolute Gasteiger partial charge is 0.131 e. The van der Waals surface area contributed by atoms with Gasteiger partial charge in [-0.15, -0.1) is 0 Å². The van der Waals surface area contributed by atoms with Crippen molar-refractivity contribution in [2.75, 3.05) is 0 Å². The molecular weight excluding hydrogens is 247 g/mol. The molecule has 1 aliphatic carbocycles. The van der Waals surface area contributed by atoms with E-state index in [1.54, 1.807) is 6.07 Å². The molecule has 2 aromatic rings. The highest BCUT2D eigenvalue weighted by atomic mass is 19.1. The zero-order chi connectivity index (χ0) is 14.1. The van der Waals surface area contributed by atoms with Crippen LogP contribution in [-0.4, -0.2) is 0 Å². The molecule has 0 unspecified atom stereocenters. The van der Waals surface area contributed by atoms with Gasteiger partial charge in [-0.25, -0.2) is 4.39 Å². The van der Waals surface area contributed by atoms with Crippen LogP contribution in [0.25, 0.3) is 16.7 Å². The van der Waals surface area contributed by atoms with Gasteiger partial charge in [0.1, 0.15) is 5.82 Å². The summed E-state index contributed by atoms with van der Waals surface area (Å²) in [6.45, 7) is 4.15. The van der Waals surface area contributed by atoms with Crippen molar-refractivity contribution < 1.29 is 4.39 Å². The molecule has 0 heterocycles. The van der Waals surface area contributed by atoms with E-state index in [0.29, 0.717) is 5.56 Å². The van der Waals surface area contributed by atoms with Gasteiger partial charge in [0.25, 0.3) is 0 Å². The van der Waals surface area contributed by atoms with Crippen molar-refractivity contribution in [3.05, 3.63) is 65.0 Å². The molecule has 0 amide bonds. The number of aryl methyl sites for hydroxylation is 1. The van der Waals surface area contributed by atoms with Crippen molar-refractivity contribution >= 4 is 5.57 Å². The summed E-state index contributed by atoms with van der Waals surface area (Å²) in [5, 5.41) is 0. The summed E-state index contributed by atoms with van der Waals surface area (Å²) in [5.74, 6) is -0.134. The van der Waals surface area contributed by atoms with Gasteiger partial charge in [0.15, 0.2) is 0 Å². The van der Waals surface area contributed by atoms with Gasteiger partial charge in [0.05, 0.1) is 0 Å². The summed E-state index contributed by atoms with van der Waals surface area (Å²) < 4.78 is 14.4. The first kappa shape index (κ1) is 13.1. The van der Waals surface area contributed by atoms with Gasteiger partial charge in [0.2, 0.25) is 0 Å². The van der Waals surface area contributed by atoms with Gasteiger partial charge in [-0.1, -0.05) is 47.5 Å². The Morgan fingerprint density at radius 3 is 2.25 bits per heavy atom. The largest absolute Gasteiger partial charge is 0.206 e. The van der Waals surface area contributed by atoms with E-state index in [4.69, 9.17) is 0 Å². The van der Waals surface area contributed by atoms with E-state index in [1.165, 1.54) is 36.0 Å². The van der Waals surface area contributed by atoms with Crippen LogP contribution in [0.5, 0.6) is 0 Å². The fraction of sp³-hybridized carbons (Fsp3) is 0.263. The van der Waals surface area contributed by atoms with Gasteiger partial charge in [0, 0.05) is 5.56 Å². The summed E-state index contributed by atoms with van der Waals surface area (Å²) in [7, 11) is 0. The number of halogens is 1. The zero-order valence-electron chi connectivity index (χ0n) is 12.0. The van der Waals surface area contributed by atoms with E-state index in [0.717, 1.165) is 11.1 Å². The zero-order valence-corrected chi connectivity index (χ0v) is 12.0. The molecule has 1 saturated carbocycles. The van der Waals surface area contributed by atoms with Crippen molar-refractivity contribution in [3.63, 3.8) is 0 Å². The Kier molecular flexibility index (Phi) is 3.43. The average Bonchev–Trinajstić information content (AvgIpc) is 2.38. The van der Waals surface area contributed by atoms with Crippen LogP contribution in [0.15, 0.2) is 48.0 Å². The molecule has 0 saturated heterocycles. The lowest BCUT2D eigenvalue weighted by Gasteiger charge is -2.20. The van der Waals surface area contributed by atoms with Gasteiger partial charge < -0.3 is 0 Å². The molecule has 0 aliphatic heterocycles. The first-order valence-electron chi connectivity index (χ1n) is 7.21. The van der Waals surface area contributed by atoms with Crippen molar-refractivity contribution in [1.29, 1.82) is 0 Å². The molecule has 1 fully saturated rings. The molecule has 0 aromatic heterocycles. The van der Waals surface area contributed by atoms with E-state index in [1.807, 2.05) is 43.3 Å². The molecule has 20 heavy (non-hydrogen) atoms. The van der Waals surface area contributed by atoms with Crippen LogP contribution in [0, 0.1) is 12.7 Å². The monoisotopic (exact) mass is 266 g/mol.